The predicted molar refractivity (Wildman–Crippen MR) is 95.2 cm³/mol. The van der Waals surface area contributed by atoms with Gasteiger partial charge in [0.15, 0.2) is 11.5 Å². The molecule has 0 aliphatic rings. The molecule has 3 rings (SSSR count). The fraction of sp³-hybridized carbons (Fsp3) is 0.222. The van der Waals surface area contributed by atoms with Gasteiger partial charge in [-0.05, 0) is 31.2 Å². The maximum absolute atomic E-state index is 5.40. The Morgan fingerprint density at radius 2 is 1.62 bits per heavy atom. The van der Waals surface area contributed by atoms with E-state index in [1.54, 1.807) is 38.9 Å². The van der Waals surface area contributed by atoms with Crippen molar-refractivity contribution in [2.75, 3.05) is 21.3 Å². The molecule has 0 bridgehead atoms. The number of rotatable bonds is 5. The number of hydrogen-bond donors (Lipinski definition) is 0. The second kappa shape index (κ2) is 6.88. The molecule has 0 aliphatic heterocycles. The monoisotopic (exact) mass is 342 g/mol. The normalized spacial score (nSPS) is 10.5. The predicted octanol–water partition coefficient (Wildman–Crippen LogP) is 4.21. The number of aromatic nitrogens is 2. The van der Waals surface area contributed by atoms with Gasteiger partial charge in [0, 0.05) is 23.4 Å². The quantitative estimate of drug-likeness (QED) is 0.695. The van der Waals surface area contributed by atoms with Crippen LogP contribution >= 0.6 is 11.3 Å². The molecule has 5 nitrogen and oxygen atoms in total. The number of hydrogen-bond acceptors (Lipinski definition) is 6. The fourth-order valence-corrected chi connectivity index (χ4v) is 3.37. The molecule has 2 heterocycles. The summed E-state index contributed by atoms with van der Waals surface area (Å²) in [4.78, 5) is 10.0. The highest BCUT2D eigenvalue weighted by Gasteiger charge is 2.16. The summed E-state index contributed by atoms with van der Waals surface area (Å²) in [6.07, 6.45) is 1.80. The molecule has 0 atom stereocenters. The Balaban J connectivity index is 2.09. The average Bonchev–Trinajstić information content (AvgIpc) is 3.03. The molecule has 0 amide bonds. The molecule has 1 aromatic carbocycles. The van der Waals surface area contributed by atoms with Crippen LogP contribution in [0.5, 0.6) is 17.4 Å². The van der Waals surface area contributed by atoms with Crippen LogP contribution in [-0.4, -0.2) is 31.3 Å². The molecular formula is C18H18N2O3S. The van der Waals surface area contributed by atoms with Crippen molar-refractivity contribution in [1.29, 1.82) is 0 Å². The number of thiazole rings is 1. The Morgan fingerprint density at radius 3 is 2.25 bits per heavy atom. The minimum absolute atomic E-state index is 0.590. The number of aryl methyl sites for hydroxylation is 1. The minimum atomic E-state index is 0.590. The molecule has 0 saturated heterocycles. The summed E-state index contributed by atoms with van der Waals surface area (Å²) in [5.74, 6) is 1.97. The third-order valence-corrected chi connectivity index (χ3v) is 4.62. The molecule has 124 valence electrons. The van der Waals surface area contributed by atoms with Crippen molar-refractivity contribution in [3.63, 3.8) is 0 Å². The van der Waals surface area contributed by atoms with Crippen molar-refractivity contribution in [3.8, 4) is 39.1 Å². The number of nitrogens with zero attached hydrogens (tertiary/aromatic N) is 2. The van der Waals surface area contributed by atoms with E-state index < -0.39 is 0 Å². The van der Waals surface area contributed by atoms with Gasteiger partial charge >= 0.3 is 0 Å². The zero-order valence-electron chi connectivity index (χ0n) is 14.0. The summed E-state index contributed by atoms with van der Waals surface area (Å²) >= 11 is 1.64. The van der Waals surface area contributed by atoms with E-state index in [0.717, 1.165) is 26.7 Å². The molecule has 6 heteroatoms. The van der Waals surface area contributed by atoms with Crippen molar-refractivity contribution in [1.82, 2.24) is 9.97 Å². The van der Waals surface area contributed by atoms with E-state index in [2.05, 4.69) is 4.98 Å². The highest BCUT2D eigenvalue weighted by Crippen LogP contribution is 2.39. The first-order valence-corrected chi connectivity index (χ1v) is 8.18. The van der Waals surface area contributed by atoms with Crippen molar-refractivity contribution >= 4 is 11.3 Å². The first kappa shape index (κ1) is 16.3. The van der Waals surface area contributed by atoms with Gasteiger partial charge in [-0.1, -0.05) is 0 Å². The summed E-state index contributed by atoms with van der Waals surface area (Å²) in [5, 5.41) is 0.991. The van der Waals surface area contributed by atoms with E-state index in [-0.39, 0.29) is 0 Å². The van der Waals surface area contributed by atoms with Gasteiger partial charge in [-0.2, -0.15) is 0 Å². The lowest BCUT2D eigenvalue weighted by atomic mass is 10.1. The lowest BCUT2D eigenvalue weighted by Crippen LogP contribution is -1.92. The van der Waals surface area contributed by atoms with E-state index >= 15 is 0 Å². The van der Waals surface area contributed by atoms with Crippen LogP contribution in [0.15, 0.2) is 36.5 Å². The fourth-order valence-electron chi connectivity index (χ4n) is 2.44. The SMILES string of the molecule is COc1ccc(-c2sc(C)nc2-c2ccc(OC)c(OC)c2)cn1. The topological polar surface area (TPSA) is 53.5 Å². The third kappa shape index (κ3) is 3.05. The van der Waals surface area contributed by atoms with Gasteiger partial charge in [0.2, 0.25) is 5.88 Å². The summed E-state index contributed by atoms with van der Waals surface area (Å²) in [7, 11) is 4.86. The Morgan fingerprint density at radius 1 is 0.875 bits per heavy atom. The summed E-state index contributed by atoms with van der Waals surface area (Å²) < 4.78 is 15.8. The van der Waals surface area contributed by atoms with E-state index in [1.807, 2.05) is 37.3 Å². The van der Waals surface area contributed by atoms with Crippen LogP contribution in [0.2, 0.25) is 0 Å². The van der Waals surface area contributed by atoms with E-state index in [1.165, 1.54) is 0 Å². The zero-order valence-corrected chi connectivity index (χ0v) is 14.8. The van der Waals surface area contributed by atoms with Crippen LogP contribution in [0.25, 0.3) is 21.7 Å². The maximum Gasteiger partial charge on any atom is 0.212 e. The van der Waals surface area contributed by atoms with Gasteiger partial charge in [0.1, 0.15) is 0 Å². The van der Waals surface area contributed by atoms with Gasteiger partial charge in [0.25, 0.3) is 0 Å². The molecule has 0 spiro atoms. The van der Waals surface area contributed by atoms with Crippen molar-refractivity contribution in [3.05, 3.63) is 41.5 Å². The van der Waals surface area contributed by atoms with Crippen LogP contribution in [0.1, 0.15) is 5.01 Å². The molecule has 0 fully saturated rings. The van der Waals surface area contributed by atoms with Crippen molar-refractivity contribution in [2.24, 2.45) is 0 Å². The second-order valence-corrected chi connectivity index (χ2v) is 6.27. The standard InChI is InChI=1S/C18H18N2O3S/c1-11-20-17(12-5-7-14(21-2)15(9-12)22-3)18(24-11)13-6-8-16(23-4)19-10-13/h5-10H,1-4H3. The molecule has 0 aliphatic carbocycles. The molecule has 0 unspecified atom stereocenters. The van der Waals surface area contributed by atoms with Crippen molar-refractivity contribution in [2.45, 2.75) is 6.92 Å². The Labute approximate surface area is 144 Å². The Bertz CT molecular complexity index is 844. The molecule has 3 aromatic rings. The van der Waals surface area contributed by atoms with Crippen molar-refractivity contribution < 1.29 is 14.2 Å². The number of benzene rings is 1. The highest BCUT2D eigenvalue weighted by molar-refractivity contribution is 7.15. The number of pyridine rings is 1. The van der Waals surface area contributed by atoms with E-state index in [0.29, 0.717) is 17.4 Å². The first-order valence-electron chi connectivity index (χ1n) is 7.36. The van der Waals surface area contributed by atoms with Gasteiger partial charge in [-0.25, -0.2) is 9.97 Å². The minimum Gasteiger partial charge on any atom is -0.493 e. The summed E-state index contributed by atoms with van der Waals surface area (Å²) in [6.45, 7) is 2.00. The third-order valence-electron chi connectivity index (χ3n) is 3.60. The molecule has 0 N–H and O–H groups in total. The van der Waals surface area contributed by atoms with Gasteiger partial charge in [0.05, 0.1) is 36.9 Å². The number of methoxy groups -OCH3 is 3. The first-order chi connectivity index (χ1) is 11.7. The Kier molecular flexibility index (Phi) is 4.66. The summed E-state index contributed by atoms with van der Waals surface area (Å²) in [6, 6.07) is 9.65. The zero-order chi connectivity index (χ0) is 17.1. The van der Waals surface area contributed by atoms with Crippen LogP contribution in [0, 0.1) is 6.92 Å². The summed E-state index contributed by atoms with van der Waals surface area (Å²) in [5.41, 5.74) is 2.89. The van der Waals surface area contributed by atoms with Crippen LogP contribution in [0.4, 0.5) is 0 Å². The van der Waals surface area contributed by atoms with Crippen LogP contribution in [-0.2, 0) is 0 Å². The number of ether oxygens (including phenoxy) is 3. The molecule has 0 saturated carbocycles. The Hall–Kier alpha value is -2.60. The highest BCUT2D eigenvalue weighted by atomic mass is 32.1. The van der Waals surface area contributed by atoms with Crippen LogP contribution < -0.4 is 14.2 Å². The largest absolute Gasteiger partial charge is 0.493 e. The van der Waals surface area contributed by atoms with Gasteiger partial charge in [-0.3, -0.25) is 0 Å². The van der Waals surface area contributed by atoms with Gasteiger partial charge in [-0.15, -0.1) is 11.3 Å². The van der Waals surface area contributed by atoms with E-state index in [4.69, 9.17) is 19.2 Å². The average molecular weight is 342 g/mol. The second-order valence-electron chi connectivity index (χ2n) is 5.07. The lowest BCUT2D eigenvalue weighted by Gasteiger charge is -2.09. The van der Waals surface area contributed by atoms with Crippen LogP contribution in [0.3, 0.4) is 0 Å². The maximum atomic E-state index is 5.40. The molecule has 2 aromatic heterocycles. The van der Waals surface area contributed by atoms with E-state index in [9.17, 15) is 0 Å². The van der Waals surface area contributed by atoms with Gasteiger partial charge < -0.3 is 14.2 Å². The lowest BCUT2D eigenvalue weighted by molar-refractivity contribution is 0.355. The molecule has 24 heavy (non-hydrogen) atoms. The smallest absolute Gasteiger partial charge is 0.212 e. The molecule has 0 radical (unpaired) electrons. The molecular weight excluding hydrogens is 324 g/mol.